The molecule has 0 spiro atoms. The smallest absolute Gasteiger partial charge is 0.186 e. The van der Waals surface area contributed by atoms with Crippen LogP contribution < -0.4 is 0 Å². The molecule has 1 aromatic carbocycles. The van der Waals surface area contributed by atoms with Crippen LogP contribution >= 0.6 is 0 Å². The number of rotatable bonds is 1. The van der Waals surface area contributed by atoms with Gasteiger partial charge < -0.3 is 10.2 Å². The van der Waals surface area contributed by atoms with E-state index in [1.165, 1.54) is 18.2 Å². The predicted octanol–water partition coefficient (Wildman–Crippen LogP) is 1.50. The van der Waals surface area contributed by atoms with Gasteiger partial charge in [-0.05, 0) is 37.3 Å². The van der Waals surface area contributed by atoms with Gasteiger partial charge in [0.2, 0.25) is 0 Å². The van der Waals surface area contributed by atoms with Gasteiger partial charge in [0.05, 0.1) is 0 Å². The van der Waals surface area contributed by atoms with Crippen LogP contribution in [0.3, 0.4) is 0 Å². The Morgan fingerprint density at radius 2 is 1.65 bits per heavy atom. The summed E-state index contributed by atoms with van der Waals surface area (Å²) < 4.78 is 0. The SMILES string of the molecule is Cc1c(O)ccc(O)c1C1=CC(=O)C=CC1=O. The lowest BCUT2D eigenvalue weighted by atomic mass is 9.92. The minimum atomic E-state index is -0.367. The summed E-state index contributed by atoms with van der Waals surface area (Å²) >= 11 is 0. The van der Waals surface area contributed by atoms with Gasteiger partial charge in [-0.3, -0.25) is 9.59 Å². The Balaban J connectivity index is 2.66. The van der Waals surface area contributed by atoms with Gasteiger partial charge in [-0.25, -0.2) is 0 Å². The van der Waals surface area contributed by atoms with Crippen LogP contribution in [0, 0.1) is 6.92 Å². The van der Waals surface area contributed by atoms with Crippen LogP contribution in [0.5, 0.6) is 11.5 Å². The number of phenols is 2. The zero-order chi connectivity index (χ0) is 12.6. The Hall–Kier alpha value is -2.36. The molecule has 86 valence electrons. The molecule has 4 heteroatoms. The third kappa shape index (κ3) is 1.85. The Labute approximate surface area is 97.5 Å². The van der Waals surface area contributed by atoms with E-state index in [0.29, 0.717) is 5.56 Å². The van der Waals surface area contributed by atoms with Crippen molar-refractivity contribution in [3.05, 3.63) is 41.5 Å². The van der Waals surface area contributed by atoms with E-state index in [9.17, 15) is 19.8 Å². The highest BCUT2D eigenvalue weighted by molar-refractivity contribution is 6.34. The molecule has 0 aromatic heterocycles. The highest BCUT2D eigenvalue weighted by atomic mass is 16.3. The summed E-state index contributed by atoms with van der Waals surface area (Å²) in [6, 6.07) is 2.62. The molecule has 0 bridgehead atoms. The maximum absolute atomic E-state index is 11.7. The summed E-state index contributed by atoms with van der Waals surface area (Å²) in [6.45, 7) is 1.57. The van der Waals surface area contributed by atoms with Crippen molar-refractivity contribution in [3.63, 3.8) is 0 Å². The molecule has 0 saturated carbocycles. The molecule has 0 radical (unpaired) electrons. The van der Waals surface area contributed by atoms with Crippen molar-refractivity contribution < 1.29 is 19.8 Å². The molecule has 4 nitrogen and oxygen atoms in total. The average molecular weight is 230 g/mol. The standard InChI is InChI=1S/C13H10O4/c1-7-10(15)4-5-12(17)13(7)9-6-8(14)2-3-11(9)16/h2-6,15,17H,1H3. The van der Waals surface area contributed by atoms with E-state index in [1.54, 1.807) is 6.92 Å². The van der Waals surface area contributed by atoms with Crippen LogP contribution in [0.1, 0.15) is 11.1 Å². The topological polar surface area (TPSA) is 74.6 Å². The third-order valence-electron chi connectivity index (χ3n) is 2.63. The van der Waals surface area contributed by atoms with Crippen LogP contribution in [0.2, 0.25) is 0 Å². The zero-order valence-corrected chi connectivity index (χ0v) is 9.10. The lowest BCUT2D eigenvalue weighted by Gasteiger charge is -2.13. The maximum atomic E-state index is 11.7. The van der Waals surface area contributed by atoms with E-state index in [4.69, 9.17) is 0 Å². The molecule has 0 amide bonds. The van der Waals surface area contributed by atoms with Crippen molar-refractivity contribution >= 4 is 17.1 Å². The van der Waals surface area contributed by atoms with Gasteiger partial charge >= 0.3 is 0 Å². The number of hydrogen-bond acceptors (Lipinski definition) is 4. The van der Waals surface area contributed by atoms with Crippen LogP contribution in [-0.4, -0.2) is 21.8 Å². The second kappa shape index (κ2) is 3.90. The fourth-order valence-corrected chi connectivity index (χ4v) is 1.73. The average Bonchev–Trinajstić information content (AvgIpc) is 2.29. The zero-order valence-electron chi connectivity index (χ0n) is 9.10. The van der Waals surface area contributed by atoms with Crippen molar-refractivity contribution in [1.82, 2.24) is 0 Å². The molecule has 2 rings (SSSR count). The van der Waals surface area contributed by atoms with Crippen molar-refractivity contribution in [2.24, 2.45) is 0 Å². The number of ketones is 2. The van der Waals surface area contributed by atoms with E-state index in [1.807, 2.05) is 0 Å². The van der Waals surface area contributed by atoms with Crippen LogP contribution in [0.4, 0.5) is 0 Å². The number of hydrogen-bond donors (Lipinski definition) is 2. The van der Waals surface area contributed by atoms with Gasteiger partial charge in [0, 0.05) is 16.7 Å². The van der Waals surface area contributed by atoms with Gasteiger partial charge in [-0.1, -0.05) is 0 Å². The Bertz CT molecular complexity index is 579. The van der Waals surface area contributed by atoms with Crippen molar-refractivity contribution in [2.75, 3.05) is 0 Å². The van der Waals surface area contributed by atoms with E-state index in [2.05, 4.69) is 0 Å². The second-order valence-electron chi connectivity index (χ2n) is 3.76. The van der Waals surface area contributed by atoms with Crippen molar-refractivity contribution in [1.29, 1.82) is 0 Å². The summed E-state index contributed by atoms with van der Waals surface area (Å²) in [7, 11) is 0. The van der Waals surface area contributed by atoms with E-state index < -0.39 is 0 Å². The lowest BCUT2D eigenvalue weighted by molar-refractivity contribution is -0.113. The molecule has 0 saturated heterocycles. The fourth-order valence-electron chi connectivity index (χ4n) is 1.73. The number of allylic oxidation sites excluding steroid dienone is 4. The molecule has 17 heavy (non-hydrogen) atoms. The third-order valence-corrected chi connectivity index (χ3v) is 2.63. The number of phenolic OH excluding ortho intramolecular Hbond substituents is 2. The Kier molecular flexibility index (Phi) is 2.55. The minimum Gasteiger partial charge on any atom is -0.508 e. The molecule has 0 heterocycles. The Morgan fingerprint density at radius 1 is 1.00 bits per heavy atom. The number of benzene rings is 1. The number of aromatic hydroxyl groups is 2. The first-order valence-electron chi connectivity index (χ1n) is 5.00. The van der Waals surface area contributed by atoms with Crippen molar-refractivity contribution in [2.45, 2.75) is 6.92 Å². The molecule has 1 aromatic rings. The second-order valence-corrected chi connectivity index (χ2v) is 3.76. The molecule has 0 aliphatic heterocycles. The first-order chi connectivity index (χ1) is 8.00. The first kappa shape index (κ1) is 11.1. The summed E-state index contributed by atoms with van der Waals surface area (Å²) in [6.07, 6.45) is 3.48. The molecular weight excluding hydrogens is 220 g/mol. The van der Waals surface area contributed by atoms with Crippen LogP contribution in [-0.2, 0) is 9.59 Å². The summed E-state index contributed by atoms with van der Waals surface area (Å²) in [4.78, 5) is 22.9. The minimum absolute atomic E-state index is 0.0338. The summed E-state index contributed by atoms with van der Waals surface area (Å²) in [5.74, 6) is -0.855. The van der Waals surface area contributed by atoms with E-state index in [0.717, 1.165) is 12.2 Å². The number of carbonyl (C=O) groups is 2. The van der Waals surface area contributed by atoms with Gasteiger partial charge in [0.25, 0.3) is 0 Å². The lowest BCUT2D eigenvalue weighted by Crippen LogP contribution is -2.08. The van der Waals surface area contributed by atoms with Gasteiger partial charge in [0.1, 0.15) is 11.5 Å². The highest BCUT2D eigenvalue weighted by Crippen LogP contribution is 2.35. The normalized spacial score (nSPS) is 15.0. The highest BCUT2D eigenvalue weighted by Gasteiger charge is 2.21. The predicted molar refractivity (Wildman–Crippen MR) is 61.6 cm³/mol. The molecule has 0 unspecified atom stereocenters. The summed E-state index contributed by atoms with van der Waals surface area (Å²) in [5.41, 5.74) is 0.670. The Morgan fingerprint density at radius 3 is 2.35 bits per heavy atom. The van der Waals surface area contributed by atoms with Crippen molar-refractivity contribution in [3.8, 4) is 11.5 Å². The van der Waals surface area contributed by atoms with Crippen LogP contribution in [0.15, 0.2) is 30.4 Å². The first-order valence-corrected chi connectivity index (χ1v) is 5.00. The number of carbonyl (C=O) groups excluding carboxylic acids is 2. The molecular formula is C13H10O4. The van der Waals surface area contributed by atoms with Gasteiger partial charge in [-0.15, -0.1) is 0 Å². The monoisotopic (exact) mass is 230 g/mol. The van der Waals surface area contributed by atoms with Crippen LogP contribution in [0.25, 0.3) is 5.57 Å². The molecule has 1 aliphatic rings. The molecule has 2 N–H and O–H groups in total. The fraction of sp³-hybridized carbons (Fsp3) is 0.0769. The quantitative estimate of drug-likeness (QED) is 0.566. The summed E-state index contributed by atoms with van der Waals surface area (Å²) in [5, 5.41) is 19.3. The van der Waals surface area contributed by atoms with E-state index in [-0.39, 0.29) is 34.2 Å². The maximum Gasteiger partial charge on any atom is 0.186 e. The van der Waals surface area contributed by atoms with Gasteiger partial charge in [0.15, 0.2) is 11.6 Å². The molecule has 0 atom stereocenters. The van der Waals surface area contributed by atoms with Gasteiger partial charge in [-0.2, -0.15) is 0 Å². The molecule has 0 fully saturated rings. The largest absolute Gasteiger partial charge is 0.508 e. The van der Waals surface area contributed by atoms with E-state index >= 15 is 0 Å². The molecule has 1 aliphatic carbocycles.